The summed E-state index contributed by atoms with van der Waals surface area (Å²) in [4.78, 5) is 2.52. The summed E-state index contributed by atoms with van der Waals surface area (Å²) in [5.74, 6) is 0.760. The van der Waals surface area contributed by atoms with Gasteiger partial charge in [0.25, 0.3) is 0 Å². The van der Waals surface area contributed by atoms with E-state index < -0.39 is 0 Å². The molecule has 2 rings (SSSR count). The Morgan fingerprint density at radius 3 is 2.40 bits per heavy atom. The van der Waals surface area contributed by atoms with E-state index in [1.54, 1.807) is 0 Å². The van der Waals surface area contributed by atoms with Gasteiger partial charge in [-0.3, -0.25) is 0 Å². The van der Waals surface area contributed by atoms with Crippen LogP contribution in [0.1, 0.15) is 46.6 Å². The molecule has 1 unspecified atom stereocenters. The molecule has 20 heavy (non-hydrogen) atoms. The lowest BCUT2D eigenvalue weighted by Crippen LogP contribution is -2.51. The van der Waals surface area contributed by atoms with Crippen molar-refractivity contribution >= 4 is 5.69 Å². The summed E-state index contributed by atoms with van der Waals surface area (Å²) >= 11 is 0. The number of hydrogen-bond acceptors (Lipinski definition) is 2. The number of nitrogens with zero attached hydrogens (tertiary/aromatic N) is 1. The first-order chi connectivity index (χ1) is 9.36. The smallest absolute Gasteiger partial charge is 0.0367 e. The second-order valence-corrected chi connectivity index (χ2v) is 7.52. The van der Waals surface area contributed by atoms with E-state index in [-0.39, 0.29) is 5.41 Å². The predicted molar refractivity (Wildman–Crippen MR) is 88.6 cm³/mol. The first-order valence-electron chi connectivity index (χ1n) is 7.95. The minimum absolute atomic E-state index is 0.238. The van der Waals surface area contributed by atoms with Crippen molar-refractivity contribution in [1.82, 2.24) is 5.32 Å². The van der Waals surface area contributed by atoms with Crippen LogP contribution >= 0.6 is 0 Å². The molecule has 0 spiro atoms. The van der Waals surface area contributed by atoms with Crippen LogP contribution in [0.3, 0.4) is 0 Å². The Labute approximate surface area is 124 Å². The van der Waals surface area contributed by atoms with E-state index in [1.807, 2.05) is 0 Å². The van der Waals surface area contributed by atoms with Gasteiger partial charge in [0.05, 0.1) is 0 Å². The highest BCUT2D eigenvalue weighted by molar-refractivity contribution is 5.49. The van der Waals surface area contributed by atoms with E-state index in [0.717, 1.165) is 25.6 Å². The van der Waals surface area contributed by atoms with Gasteiger partial charge in [0.2, 0.25) is 0 Å². The van der Waals surface area contributed by atoms with Crippen molar-refractivity contribution in [2.24, 2.45) is 5.92 Å². The molecule has 1 heterocycles. The molecule has 1 atom stereocenters. The maximum Gasteiger partial charge on any atom is 0.0367 e. The predicted octanol–water partition coefficient (Wildman–Crippen LogP) is 3.81. The molecular weight excluding hydrogens is 244 g/mol. The molecule has 1 aliphatic rings. The van der Waals surface area contributed by atoms with Crippen molar-refractivity contribution < 1.29 is 0 Å². The van der Waals surface area contributed by atoms with E-state index >= 15 is 0 Å². The highest BCUT2D eigenvalue weighted by atomic mass is 15.2. The molecule has 1 fully saturated rings. The summed E-state index contributed by atoms with van der Waals surface area (Å²) in [5, 5.41) is 3.64. The molecule has 112 valence electrons. The van der Waals surface area contributed by atoms with Gasteiger partial charge in [-0.2, -0.15) is 0 Å². The fraction of sp³-hybridized carbons (Fsp3) is 0.667. The first kappa shape index (κ1) is 15.4. The Kier molecular flexibility index (Phi) is 4.74. The van der Waals surface area contributed by atoms with Crippen LogP contribution in [0.25, 0.3) is 0 Å². The maximum atomic E-state index is 3.64. The zero-order valence-electron chi connectivity index (χ0n) is 13.7. The average molecular weight is 274 g/mol. The van der Waals surface area contributed by atoms with E-state index in [4.69, 9.17) is 0 Å². The summed E-state index contributed by atoms with van der Waals surface area (Å²) < 4.78 is 0. The van der Waals surface area contributed by atoms with Gasteiger partial charge >= 0.3 is 0 Å². The topological polar surface area (TPSA) is 15.3 Å². The van der Waals surface area contributed by atoms with Crippen molar-refractivity contribution in [1.29, 1.82) is 0 Å². The SMILES string of the molecule is CC(C)CC1CN(c2ccc(C(C)(C)C)cc2)CCN1. The second kappa shape index (κ2) is 6.17. The number of anilines is 1. The monoisotopic (exact) mass is 274 g/mol. The lowest BCUT2D eigenvalue weighted by Gasteiger charge is -2.36. The van der Waals surface area contributed by atoms with Gasteiger partial charge in [-0.05, 0) is 35.4 Å². The minimum Gasteiger partial charge on any atom is -0.369 e. The maximum absolute atomic E-state index is 3.64. The number of nitrogens with one attached hydrogen (secondary N) is 1. The molecule has 1 aliphatic heterocycles. The lowest BCUT2D eigenvalue weighted by atomic mass is 9.87. The van der Waals surface area contributed by atoms with Gasteiger partial charge in [0, 0.05) is 31.4 Å². The van der Waals surface area contributed by atoms with Crippen molar-refractivity contribution in [3.63, 3.8) is 0 Å². The Morgan fingerprint density at radius 2 is 1.85 bits per heavy atom. The Morgan fingerprint density at radius 1 is 1.20 bits per heavy atom. The number of benzene rings is 1. The Hall–Kier alpha value is -1.02. The summed E-state index contributed by atoms with van der Waals surface area (Å²) in [7, 11) is 0. The molecular formula is C18H30N2. The fourth-order valence-corrected chi connectivity index (χ4v) is 2.96. The molecule has 1 aromatic rings. The van der Waals surface area contributed by atoms with Gasteiger partial charge in [-0.15, -0.1) is 0 Å². The molecule has 0 amide bonds. The third-order valence-corrected chi connectivity index (χ3v) is 4.11. The van der Waals surface area contributed by atoms with Crippen LogP contribution in [0.2, 0.25) is 0 Å². The molecule has 1 N–H and O–H groups in total. The van der Waals surface area contributed by atoms with Crippen molar-refractivity contribution in [3.8, 4) is 0 Å². The zero-order valence-corrected chi connectivity index (χ0v) is 13.7. The van der Waals surface area contributed by atoms with Crippen LogP contribution in [0.4, 0.5) is 5.69 Å². The average Bonchev–Trinajstić information content (AvgIpc) is 2.37. The number of hydrogen-bond donors (Lipinski definition) is 1. The third kappa shape index (κ3) is 3.99. The van der Waals surface area contributed by atoms with E-state index in [0.29, 0.717) is 6.04 Å². The largest absolute Gasteiger partial charge is 0.369 e. The molecule has 0 radical (unpaired) electrons. The lowest BCUT2D eigenvalue weighted by molar-refractivity contribution is 0.388. The van der Waals surface area contributed by atoms with Gasteiger partial charge < -0.3 is 10.2 Å². The van der Waals surface area contributed by atoms with Crippen molar-refractivity contribution in [2.75, 3.05) is 24.5 Å². The van der Waals surface area contributed by atoms with Crippen molar-refractivity contribution in [2.45, 2.75) is 52.5 Å². The van der Waals surface area contributed by atoms with Gasteiger partial charge in [-0.25, -0.2) is 0 Å². The summed E-state index contributed by atoms with van der Waals surface area (Å²) in [6, 6.07) is 9.78. The first-order valence-corrected chi connectivity index (χ1v) is 7.95. The van der Waals surface area contributed by atoms with Crippen LogP contribution in [0.15, 0.2) is 24.3 Å². The highest BCUT2D eigenvalue weighted by Gasteiger charge is 2.21. The Bertz CT molecular complexity index is 414. The standard InChI is InChI=1S/C18H30N2/c1-14(2)12-16-13-20(11-10-19-16)17-8-6-15(7-9-17)18(3,4)5/h6-9,14,16,19H,10-13H2,1-5H3. The van der Waals surface area contributed by atoms with E-state index in [1.165, 1.54) is 17.7 Å². The van der Waals surface area contributed by atoms with Gasteiger partial charge in [0.15, 0.2) is 0 Å². The number of piperazine rings is 1. The molecule has 1 saturated heterocycles. The highest BCUT2D eigenvalue weighted by Crippen LogP contribution is 2.25. The second-order valence-electron chi connectivity index (χ2n) is 7.52. The quantitative estimate of drug-likeness (QED) is 0.901. The normalized spacial score (nSPS) is 20.5. The molecule has 0 bridgehead atoms. The molecule has 2 heteroatoms. The molecule has 2 nitrogen and oxygen atoms in total. The van der Waals surface area contributed by atoms with E-state index in [2.05, 4.69) is 69.1 Å². The van der Waals surface area contributed by atoms with Crippen LogP contribution in [0.5, 0.6) is 0 Å². The van der Waals surface area contributed by atoms with Crippen LogP contribution in [-0.2, 0) is 5.41 Å². The number of rotatable bonds is 3. The summed E-state index contributed by atoms with van der Waals surface area (Å²) in [6.07, 6.45) is 1.26. The Balaban J connectivity index is 2.04. The summed E-state index contributed by atoms with van der Waals surface area (Å²) in [5.41, 5.74) is 3.02. The summed E-state index contributed by atoms with van der Waals surface area (Å²) in [6.45, 7) is 14.8. The fourth-order valence-electron chi connectivity index (χ4n) is 2.96. The molecule has 0 aliphatic carbocycles. The van der Waals surface area contributed by atoms with Crippen LogP contribution < -0.4 is 10.2 Å². The van der Waals surface area contributed by atoms with Crippen molar-refractivity contribution in [3.05, 3.63) is 29.8 Å². The van der Waals surface area contributed by atoms with E-state index in [9.17, 15) is 0 Å². The molecule has 0 aromatic heterocycles. The van der Waals surface area contributed by atoms with Gasteiger partial charge in [0.1, 0.15) is 0 Å². The molecule has 0 saturated carbocycles. The third-order valence-electron chi connectivity index (χ3n) is 4.11. The van der Waals surface area contributed by atoms with Crippen LogP contribution in [-0.4, -0.2) is 25.7 Å². The van der Waals surface area contributed by atoms with Gasteiger partial charge in [-0.1, -0.05) is 46.8 Å². The minimum atomic E-state index is 0.238. The zero-order chi connectivity index (χ0) is 14.8. The molecule has 1 aromatic carbocycles. The van der Waals surface area contributed by atoms with Crippen LogP contribution in [0, 0.1) is 5.92 Å².